The number of hydrogen-bond donors (Lipinski definition) is 0. The highest BCUT2D eigenvalue weighted by molar-refractivity contribution is 5.71. The molecular formula is C73H114O6. The molecule has 0 bridgehead atoms. The van der Waals surface area contributed by atoms with Crippen molar-refractivity contribution in [3.05, 3.63) is 170 Å². The van der Waals surface area contributed by atoms with Crippen LogP contribution in [0.5, 0.6) is 0 Å². The zero-order chi connectivity index (χ0) is 57.1. The molecule has 442 valence electrons. The molecule has 0 aliphatic carbocycles. The Morgan fingerprint density at radius 1 is 0.266 bits per heavy atom. The molecule has 6 heteroatoms. The van der Waals surface area contributed by atoms with Crippen molar-refractivity contribution in [2.24, 2.45) is 0 Å². The van der Waals surface area contributed by atoms with Crippen LogP contribution >= 0.6 is 0 Å². The third-order valence-electron chi connectivity index (χ3n) is 12.7. The molecule has 0 aromatic heterocycles. The Morgan fingerprint density at radius 2 is 0.519 bits per heavy atom. The maximum Gasteiger partial charge on any atom is 0.306 e. The topological polar surface area (TPSA) is 78.9 Å². The Morgan fingerprint density at radius 3 is 0.848 bits per heavy atom. The fourth-order valence-corrected chi connectivity index (χ4v) is 8.03. The predicted molar refractivity (Wildman–Crippen MR) is 343 cm³/mol. The molecule has 0 aromatic carbocycles. The average Bonchev–Trinajstić information content (AvgIpc) is 3.45. The van der Waals surface area contributed by atoms with Crippen LogP contribution in [0.4, 0.5) is 0 Å². The highest BCUT2D eigenvalue weighted by Crippen LogP contribution is 2.13. The zero-order valence-corrected chi connectivity index (χ0v) is 50.6. The van der Waals surface area contributed by atoms with Crippen LogP contribution in [-0.4, -0.2) is 37.2 Å². The number of ether oxygens (including phenoxy) is 3. The zero-order valence-electron chi connectivity index (χ0n) is 50.6. The smallest absolute Gasteiger partial charge is 0.306 e. The minimum Gasteiger partial charge on any atom is -0.462 e. The lowest BCUT2D eigenvalue weighted by molar-refractivity contribution is -0.166. The molecule has 0 N–H and O–H groups in total. The molecule has 0 rings (SSSR count). The van der Waals surface area contributed by atoms with Gasteiger partial charge < -0.3 is 14.2 Å². The van der Waals surface area contributed by atoms with Gasteiger partial charge in [0, 0.05) is 19.3 Å². The molecule has 0 heterocycles. The molecule has 0 saturated heterocycles. The third kappa shape index (κ3) is 63.5. The summed E-state index contributed by atoms with van der Waals surface area (Å²) in [5.74, 6) is -1.06. The number of rotatable bonds is 55. The van der Waals surface area contributed by atoms with Crippen LogP contribution in [0.25, 0.3) is 0 Å². The second-order valence-electron chi connectivity index (χ2n) is 20.2. The second kappa shape index (κ2) is 65.3. The van der Waals surface area contributed by atoms with Gasteiger partial charge in [-0.3, -0.25) is 14.4 Å². The summed E-state index contributed by atoms with van der Waals surface area (Å²) in [5, 5.41) is 0. The first kappa shape index (κ1) is 73.8. The van der Waals surface area contributed by atoms with E-state index >= 15 is 0 Å². The highest BCUT2D eigenvalue weighted by Gasteiger charge is 2.19. The van der Waals surface area contributed by atoms with Gasteiger partial charge in [-0.15, -0.1) is 0 Å². The van der Waals surface area contributed by atoms with Crippen molar-refractivity contribution in [3.63, 3.8) is 0 Å². The van der Waals surface area contributed by atoms with Crippen molar-refractivity contribution < 1.29 is 28.6 Å². The molecule has 0 fully saturated rings. The summed E-state index contributed by atoms with van der Waals surface area (Å²) in [5.41, 5.74) is 0. The maximum absolute atomic E-state index is 12.9. The van der Waals surface area contributed by atoms with E-state index in [0.717, 1.165) is 128 Å². The molecule has 0 aromatic rings. The lowest BCUT2D eigenvalue weighted by Gasteiger charge is -2.18. The molecule has 0 saturated carbocycles. The maximum atomic E-state index is 12.9. The van der Waals surface area contributed by atoms with Crippen molar-refractivity contribution in [2.75, 3.05) is 13.2 Å². The van der Waals surface area contributed by atoms with Gasteiger partial charge in [0.15, 0.2) is 6.10 Å². The van der Waals surface area contributed by atoms with Crippen LogP contribution in [0, 0.1) is 0 Å². The molecular weight excluding hydrogens is 973 g/mol. The largest absolute Gasteiger partial charge is 0.462 e. The van der Waals surface area contributed by atoms with Crippen LogP contribution in [-0.2, 0) is 28.6 Å². The monoisotopic (exact) mass is 1090 g/mol. The average molecular weight is 1090 g/mol. The summed E-state index contributed by atoms with van der Waals surface area (Å²) in [6.07, 6.45) is 96.5. The lowest BCUT2D eigenvalue weighted by atomic mass is 10.1. The van der Waals surface area contributed by atoms with E-state index in [4.69, 9.17) is 14.2 Å². The van der Waals surface area contributed by atoms with E-state index < -0.39 is 12.1 Å². The molecule has 0 amide bonds. The first-order valence-electron chi connectivity index (χ1n) is 31.6. The molecule has 0 aliphatic heterocycles. The van der Waals surface area contributed by atoms with E-state index in [1.807, 2.05) is 12.2 Å². The van der Waals surface area contributed by atoms with Crippen molar-refractivity contribution in [1.29, 1.82) is 0 Å². The number of carbonyl (C=O) groups excluding carboxylic acids is 3. The molecule has 0 spiro atoms. The lowest BCUT2D eigenvalue weighted by Crippen LogP contribution is -2.30. The van der Waals surface area contributed by atoms with Crippen LogP contribution in [0.1, 0.15) is 252 Å². The molecule has 6 nitrogen and oxygen atoms in total. The van der Waals surface area contributed by atoms with E-state index in [1.165, 1.54) is 77.0 Å². The summed E-state index contributed by atoms with van der Waals surface area (Å²) in [4.78, 5) is 38.3. The Kier molecular flexibility index (Phi) is 61.0. The van der Waals surface area contributed by atoms with Crippen molar-refractivity contribution in [3.8, 4) is 0 Å². The Bertz CT molecular complexity index is 1820. The Balaban J connectivity index is 4.58. The van der Waals surface area contributed by atoms with Crippen LogP contribution in [0.2, 0.25) is 0 Å². The summed E-state index contributed by atoms with van der Waals surface area (Å²) in [6, 6.07) is 0. The van der Waals surface area contributed by atoms with Gasteiger partial charge in [0.2, 0.25) is 0 Å². The standard InChI is InChI=1S/C73H114O6/c1-4-7-10-13-16-19-22-25-28-31-33-34-35-36-37-38-40-42-45-48-51-54-57-60-63-66-72(75)78-69-70(68-77-71(74)65-62-59-56-53-50-47-44-41-30-27-24-21-18-15-12-9-6-3)79-73(76)67-64-61-58-55-52-49-46-43-39-32-29-26-23-20-17-14-11-8-5-2/h7-8,10-11,16-17,19-20,25-30,33-34,36-37,39-40,42-43,48-49,51-52,58,61,70H,4-6,9,12-15,18,21-24,31-32,35,38,41,44-47,50,53-57,59-60,62-69H2,1-3H3/b10-7-,11-8-,19-16-,20-17-,28-25-,29-26-,30-27-,34-33-,37-36-,42-40-,43-39-,51-48-,52-49-,61-58-. The summed E-state index contributed by atoms with van der Waals surface area (Å²) >= 11 is 0. The van der Waals surface area contributed by atoms with E-state index in [2.05, 4.69) is 179 Å². The Labute approximate surface area is 485 Å². The number of carbonyl (C=O) groups is 3. The molecule has 79 heavy (non-hydrogen) atoms. The van der Waals surface area contributed by atoms with Crippen molar-refractivity contribution >= 4 is 17.9 Å². The number of hydrogen-bond acceptors (Lipinski definition) is 6. The van der Waals surface area contributed by atoms with E-state index in [0.29, 0.717) is 19.3 Å². The van der Waals surface area contributed by atoms with Crippen LogP contribution < -0.4 is 0 Å². The fraction of sp³-hybridized carbons (Fsp3) is 0.575. The van der Waals surface area contributed by atoms with Gasteiger partial charge in [0.05, 0.1) is 0 Å². The van der Waals surface area contributed by atoms with Gasteiger partial charge in [-0.1, -0.05) is 262 Å². The van der Waals surface area contributed by atoms with E-state index in [9.17, 15) is 14.4 Å². The van der Waals surface area contributed by atoms with E-state index in [1.54, 1.807) is 0 Å². The van der Waals surface area contributed by atoms with Gasteiger partial charge in [-0.2, -0.15) is 0 Å². The van der Waals surface area contributed by atoms with E-state index in [-0.39, 0.29) is 31.6 Å². The summed E-state index contributed by atoms with van der Waals surface area (Å²) in [7, 11) is 0. The summed E-state index contributed by atoms with van der Waals surface area (Å²) < 4.78 is 16.8. The van der Waals surface area contributed by atoms with Gasteiger partial charge in [-0.25, -0.2) is 0 Å². The predicted octanol–water partition coefficient (Wildman–Crippen LogP) is 21.9. The highest BCUT2D eigenvalue weighted by atomic mass is 16.6. The van der Waals surface area contributed by atoms with Crippen molar-refractivity contribution in [1.82, 2.24) is 0 Å². The summed E-state index contributed by atoms with van der Waals surface area (Å²) in [6.45, 7) is 6.31. The first-order chi connectivity index (χ1) is 39.0. The van der Waals surface area contributed by atoms with Gasteiger partial charge in [0.1, 0.15) is 13.2 Å². The molecule has 0 radical (unpaired) electrons. The number of unbranched alkanes of at least 4 members (excludes halogenated alkanes) is 16. The number of allylic oxidation sites excluding steroid dienone is 28. The van der Waals surface area contributed by atoms with Gasteiger partial charge in [-0.05, 0) is 141 Å². The second-order valence-corrected chi connectivity index (χ2v) is 20.2. The molecule has 0 aliphatic rings. The molecule has 1 atom stereocenters. The van der Waals surface area contributed by atoms with Crippen molar-refractivity contribution in [2.45, 2.75) is 258 Å². The van der Waals surface area contributed by atoms with Crippen LogP contribution in [0.15, 0.2) is 170 Å². The first-order valence-corrected chi connectivity index (χ1v) is 31.6. The SMILES string of the molecule is CC/C=C\C/C=C\C/C=C\C/C=C\C/C=C\C/C=C\C/C=C\CCCCCC(=O)OCC(COC(=O)CCCCCCCCC/C=C\CCCCCCCC)OC(=O)CC/C=C\C/C=C\C/C=C\C/C=C\C/C=C\C/C=C\CC. The minimum atomic E-state index is -0.845. The quantitative estimate of drug-likeness (QED) is 0.0261. The third-order valence-corrected chi connectivity index (χ3v) is 12.7. The normalized spacial score (nSPS) is 13.3. The van der Waals surface area contributed by atoms with Crippen LogP contribution in [0.3, 0.4) is 0 Å². The Hall–Kier alpha value is -5.23. The van der Waals surface area contributed by atoms with Gasteiger partial charge >= 0.3 is 17.9 Å². The molecule has 1 unspecified atom stereocenters. The minimum absolute atomic E-state index is 0.129. The number of esters is 3. The fourth-order valence-electron chi connectivity index (χ4n) is 8.03. The van der Waals surface area contributed by atoms with Gasteiger partial charge in [0.25, 0.3) is 0 Å².